The highest BCUT2D eigenvalue weighted by Crippen LogP contribution is 1.89. The lowest BCUT2D eigenvalue weighted by molar-refractivity contribution is 0.289. The lowest BCUT2D eigenvalue weighted by atomic mass is 10.5. The number of nitrogens with one attached hydrogen (secondary N) is 1. The summed E-state index contributed by atoms with van der Waals surface area (Å²) in [6.45, 7) is 6.28. The summed E-state index contributed by atoms with van der Waals surface area (Å²) in [6.07, 6.45) is 0. The molecular weight excluding hydrogens is 116 g/mol. The van der Waals surface area contributed by atoms with Crippen molar-refractivity contribution in [3.8, 4) is 0 Å². The summed E-state index contributed by atoms with van der Waals surface area (Å²) in [5, 5.41) is 8.38. The highest BCUT2D eigenvalue weighted by Gasteiger charge is 1.89. The minimum atomic E-state index is 0.648. The molecule has 0 unspecified atom stereocenters. The summed E-state index contributed by atoms with van der Waals surface area (Å²) >= 11 is 0. The average molecular weight is 128 g/mol. The van der Waals surface area contributed by atoms with Gasteiger partial charge in [0.05, 0.1) is 6.54 Å². The lowest BCUT2D eigenvalue weighted by Gasteiger charge is -2.06. The van der Waals surface area contributed by atoms with Crippen molar-refractivity contribution in [2.75, 3.05) is 6.54 Å². The molecule has 4 nitrogen and oxygen atoms in total. The van der Waals surface area contributed by atoms with Gasteiger partial charge in [0.1, 0.15) is 0 Å². The molecule has 0 aromatic carbocycles. The monoisotopic (exact) mass is 128 g/mol. The molecule has 52 valence electrons. The van der Waals surface area contributed by atoms with E-state index in [1.54, 1.807) is 0 Å². The fraction of sp³-hybridized carbons (Fsp3) is 0.800. The molecule has 0 atom stereocenters. The fourth-order valence-electron chi connectivity index (χ4n) is 0.395. The van der Waals surface area contributed by atoms with Crippen LogP contribution in [0.25, 0.3) is 0 Å². The summed E-state index contributed by atoms with van der Waals surface area (Å²) in [5.41, 5.74) is 7.51. The van der Waals surface area contributed by atoms with Gasteiger partial charge < -0.3 is 0 Å². The molecule has 9 heavy (non-hydrogen) atoms. The van der Waals surface area contributed by atoms with E-state index in [4.69, 9.17) is 5.53 Å². The van der Waals surface area contributed by atoms with Gasteiger partial charge in [0.15, 0.2) is 0 Å². The van der Waals surface area contributed by atoms with Gasteiger partial charge in [-0.15, -0.1) is 0 Å². The molecule has 0 heterocycles. The smallest absolute Gasteiger partial charge is 0.0596 e. The number of rotatable bonds is 3. The lowest BCUT2D eigenvalue weighted by Crippen LogP contribution is -2.09. The number of hydrogen-bond donors (Lipinski definition) is 1. The van der Waals surface area contributed by atoms with Crippen molar-refractivity contribution in [3.05, 3.63) is 0 Å². The van der Waals surface area contributed by atoms with E-state index in [0.717, 1.165) is 5.71 Å². The largest absolute Gasteiger partial charge is 0.185 e. The zero-order valence-corrected chi connectivity index (χ0v) is 6.05. The van der Waals surface area contributed by atoms with Crippen molar-refractivity contribution in [2.24, 2.45) is 10.3 Å². The van der Waals surface area contributed by atoms with Crippen LogP contribution in [0.1, 0.15) is 20.8 Å². The summed E-state index contributed by atoms with van der Waals surface area (Å²) in [4.78, 5) is 0. The van der Waals surface area contributed by atoms with Crippen LogP contribution in [0.3, 0.4) is 0 Å². The number of hydrazone groups is 1. The second-order valence-corrected chi connectivity index (χ2v) is 1.84. The van der Waals surface area contributed by atoms with Crippen LogP contribution in [-0.2, 0) is 0 Å². The van der Waals surface area contributed by atoms with Gasteiger partial charge in [-0.1, -0.05) is 5.22 Å². The molecule has 4 heteroatoms. The summed E-state index contributed by atoms with van der Waals surface area (Å²) in [5.74, 6) is 0. The van der Waals surface area contributed by atoms with Crippen molar-refractivity contribution in [3.63, 3.8) is 0 Å². The molecule has 0 aliphatic rings. The van der Waals surface area contributed by atoms with E-state index >= 15 is 0 Å². The third-order valence-corrected chi connectivity index (χ3v) is 0.714. The van der Waals surface area contributed by atoms with E-state index in [9.17, 15) is 0 Å². The van der Waals surface area contributed by atoms with Crippen LogP contribution < -0.4 is 0 Å². The minimum Gasteiger partial charge on any atom is -0.185 e. The van der Waals surface area contributed by atoms with Gasteiger partial charge in [-0.05, 0) is 20.8 Å². The first-order valence-corrected chi connectivity index (χ1v) is 2.87. The molecule has 0 saturated heterocycles. The van der Waals surface area contributed by atoms with Gasteiger partial charge in [-0.2, -0.15) is 15.8 Å². The third-order valence-electron chi connectivity index (χ3n) is 0.714. The molecule has 0 bridgehead atoms. The van der Waals surface area contributed by atoms with E-state index in [-0.39, 0.29) is 0 Å². The van der Waals surface area contributed by atoms with Gasteiger partial charge >= 0.3 is 0 Å². The van der Waals surface area contributed by atoms with E-state index < -0.39 is 0 Å². The molecule has 0 spiro atoms. The Morgan fingerprint density at radius 1 is 1.56 bits per heavy atom. The Hall–Kier alpha value is -0.930. The van der Waals surface area contributed by atoms with E-state index in [1.165, 1.54) is 5.12 Å². The zero-order valence-electron chi connectivity index (χ0n) is 6.05. The predicted molar refractivity (Wildman–Crippen MR) is 36.3 cm³/mol. The topological polar surface area (TPSA) is 51.8 Å². The van der Waals surface area contributed by atoms with Crippen LogP contribution in [-0.4, -0.2) is 17.4 Å². The van der Waals surface area contributed by atoms with Gasteiger partial charge in [0.25, 0.3) is 0 Å². The van der Waals surface area contributed by atoms with E-state index in [2.05, 4.69) is 10.3 Å². The summed E-state index contributed by atoms with van der Waals surface area (Å²) in [7, 11) is 0. The second-order valence-electron chi connectivity index (χ2n) is 1.84. The molecule has 0 radical (unpaired) electrons. The van der Waals surface area contributed by atoms with E-state index in [1.807, 2.05) is 20.8 Å². The summed E-state index contributed by atoms with van der Waals surface area (Å²) in [6, 6.07) is 0. The first kappa shape index (κ1) is 8.07. The van der Waals surface area contributed by atoms with Crippen LogP contribution in [0.5, 0.6) is 0 Å². The van der Waals surface area contributed by atoms with Crippen molar-refractivity contribution in [1.29, 1.82) is 5.53 Å². The van der Waals surface area contributed by atoms with Gasteiger partial charge in [0, 0.05) is 5.71 Å². The maximum Gasteiger partial charge on any atom is 0.0596 e. The molecule has 0 aromatic rings. The van der Waals surface area contributed by atoms with Crippen molar-refractivity contribution in [1.82, 2.24) is 5.12 Å². The average Bonchev–Trinajstić information content (AvgIpc) is 1.82. The van der Waals surface area contributed by atoms with Crippen LogP contribution in [0.15, 0.2) is 10.3 Å². The van der Waals surface area contributed by atoms with Crippen molar-refractivity contribution < 1.29 is 0 Å². The number of nitrogens with zero attached hydrogens (tertiary/aromatic N) is 3. The molecule has 0 aromatic heterocycles. The summed E-state index contributed by atoms with van der Waals surface area (Å²) < 4.78 is 0. The van der Waals surface area contributed by atoms with Crippen LogP contribution >= 0.6 is 0 Å². The molecule has 1 N–H and O–H groups in total. The zero-order chi connectivity index (χ0) is 7.28. The maximum absolute atomic E-state index is 6.60. The Morgan fingerprint density at radius 3 is 2.22 bits per heavy atom. The van der Waals surface area contributed by atoms with Crippen molar-refractivity contribution >= 4 is 5.71 Å². The van der Waals surface area contributed by atoms with Gasteiger partial charge in [0.2, 0.25) is 0 Å². The second kappa shape index (κ2) is 4.00. The SMILES string of the molecule is CCN(N=N)N=C(C)C. The molecule has 0 saturated carbocycles. The Morgan fingerprint density at radius 2 is 2.11 bits per heavy atom. The highest BCUT2D eigenvalue weighted by atomic mass is 15.7. The molecule has 0 amide bonds. The normalized spacial score (nSPS) is 8.33. The fourth-order valence-corrected chi connectivity index (χ4v) is 0.395. The number of hydrogen-bond acceptors (Lipinski definition) is 3. The van der Waals surface area contributed by atoms with Gasteiger partial charge in [-0.3, -0.25) is 0 Å². The Bertz CT molecular complexity index is 114. The van der Waals surface area contributed by atoms with Crippen molar-refractivity contribution in [2.45, 2.75) is 20.8 Å². The Balaban J connectivity index is 3.82. The molecule has 0 rings (SSSR count). The quantitative estimate of drug-likeness (QED) is 0.350. The standard InChI is InChI=1S/C5H12N4/c1-4-9(8-6)7-5(2)3/h6H,4H2,1-3H3. The van der Waals surface area contributed by atoms with Gasteiger partial charge in [-0.25, -0.2) is 0 Å². The maximum atomic E-state index is 6.60. The molecule has 0 aliphatic heterocycles. The first-order chi connectivity index (χ1) is 4.20. The first-order valence-electron chi connectivity index (χ1n) is 2.87. The van der Waals surface area contributed by atoms with Crippen LogP contribution in [0, 0.1) is 5.53 Å². The Labute approximate surface area is 55.0 Å². The molecule has 0 aliphatic carbocycles. The van der Waals surface area contributed by atoms with E-state index in [0.29, 0.717) is 6.54 Å². The minimum absolute atomic E-state index is 0.648. The Kier molecular flexibility index (Phi) is 3.59. The van der Waals surface area contributed by atoms with Crippen LogP contribution in [0.4, 0.5) is 0 Å². The third kappa shape index (κ3) is 3.64. The highest BCUT2D eigenvalue weighted by molar-refractivity contribution is 5.78. The predicted octanol–water partition coefficient (Wildman–Crippen LogP) is 1.65. The molecular formula is C5H12N4. The van der Waals surface area contributed by atoms with Crippen LogP contribution in [0.2, 0.25) is 0 Å². The molecule has 0 fully saturated rings.